The number of carbonyl (C=O) groups excluding carboxylic acids is 1. The molecule has 3 aliphatic heterocycles. The number of hydrogen-bond acceptors (Lipinski definition) is 2. The van der Waals surface area contributed by atoms with Crippen LogP contribution in [0.15, 0.2) is 60.7 Å². The lowest BCUT2D eigenvalue weighted by molar-refractivity contribution is -0.142. The Labute approximate surface area is 157 Å². The van der Waals surface area contributed by atoms with Crippen molar-refractivity contribution in [2.45, 2.75) is 57.0 Å². The molecule has 2 aromatic carbocycles. The Kier molecular flexibility index (Phi) is 5.21. The van der Waals surface area contributed by atoms with Crippen molar-refractivity contribution in [1.29, 1.82) is 0 Å². The van der Waals surface area contributed by atoms with E-state index in [2.05, 4.69) is 72.5 Å². The molecule has 0 radical (unpaired) electrons. The summed E-state index contributed by atoms with van der Waals surface area (Å²) in [7, 11) is 0. The van der Waals surface area contributed by atoms with Gasteiger partial charge >= 0.3 is 0 Å². The van der Waals surface area contributed by atoms with Crippen molar-refractivity contribution in [1.82, 2.24) is 4.90 Å². The maximum atomic E-state index is 13.4. The zero-order valence-corrected chi connectivity index (χ0v) is 15.7. The lowest BCUT2D eigenvalue weighted by Crippen LogP contribution is -2.62. The van der Waals surface area contributed by atoms with E-state index in [1.165, 1.54) is 30.4 Å². The van der Waals surface area contributed by atoms with Gasteiger partial charge in [-0.1, -0.05) is 80.4 Å². The summed E-state index contributed by atoms with van der Waals surface area (Å²) in [6.45, 7) is 3.33. The first-order valence-corrected chi connectivity index (χ1v) is 10.2. The number of fused-ring (bicyclic) bond motifs is 3. The zero-order chi connectivity index (χ0) is 17.9. The number of nitrogens with zero attached hydrogens (tertiary/aromatic N) is 1. The SMILES string of the molecule is CCCCC1CC2CCN1C(C(c1ccccc1)c1ccccc1)C2=O. The molecule has 136 valence electrons. The molecule has 0 N–H and O–H groups in total. The van der Waals surface area contributed by atoms with Crippen LogP contribution in [0.5, 0.6) is 0 Å². The number of benzene rings is 2. The molecule has 0 saturated carbocycles. The van der Waals surface area contributed by atoms with Gasteiger partial charge in [-0.05, 0) is 36.9 Å². The summed E-state index contributed by atoms with van der Waals surface area (Å²) in [5, 5.41) is 0. The number of carbonyl (C=O) groups is 1. The average molecular weight is 348 g/mol. The van der Waals surface area contributed by atoms with Crippen molar-refractivity contribution in [2.24, 2.45) is 5.92 Å². The molecule has 4 atom stereocenters. The van der Waals surface area contributed by atoms with Gasteiger partial charge in [0.05, 0.1) is 6.04 Å². The molecule has 3 fully saturated rings. The van der Waals surface area contributed by atoms with Gasteiger partial charge in [-0.25, -0.2) is 0 Å². The number of hydrogen-bond donors (Lipinski definition) is 0. The molecule has 26 heavy (non-hydrogen) atoms. The minimum Gasteiger partial charge on any atom is -0.298 e. The molecule has 0 aliphatic carbocycles. The van der Waals surface area contributed by atoms with E-state index in [1.54, 1.807) is 0 Å². The van der Waals surface area contributed by atoms with Gasteiger partial charge in [0.15, 0.2) is 5.78 Å². The second-order valence-corrected chi connectivity index (χ2v) is 7.90. The van der Waals surface area contributed by atoms with Crippen molar-refractivity contribution >= 4 is 5.78 Å². The first-order valence-electron chi connectivity index (χ1n) is 10.2. The van der Waals surface area contributed by atoms with Crippen LogP contribution in [0.25, 0.3) is 0 Å². The fourth-order valence-electron chi connectivity index (χ4n) is 5.06. The molecule has 0 amide bonds. The fourth-order valence-corrected chi connectivity index (χ4v) is 5.06. The zero-order valence-electron chi connectivity index (χ0n) is 15.7. The standard InChI is InChI=1S/C24H29NO/c1-2-3-14-21-17-20-15-16-25(21)23(24(20)26)22(18-10-6-4-7-11-18)19-12-8-5-9-13-19/h4-13,20-23H,2-3,14-17H2,1H3. The van der Waals surface area contributed by atoms with E-state index in [-0.39, 0.29) is 17.9 Å². The first kappa shape index (κ1) is 17.5. The summed E-state index contributed by atoms with van der Waals surface area (Å²) in [5.74, 6) is 0.876. The van der Waals surface area contributed by atoms with Crippen molar-refractivity contribution in [3.63, 3.8) is 0 Å². The first-order chi connectivity index (χ1) is 12.8. The van der Waals surface area contributed by atoms with Gasteiger partial charge in [-0.2, -0.15) is 0 Å². The number of piperidine rings is 3. The van der Waals surface area contributed by atoms with E-state index < -0.39 is 0 Å². The van der Waals surface area contributed by atoms with E-state index in [0.29, 0.717) is 11.8 Å². The Morgan fingerprint density at radius 1 is 1.00 bits per heavy atom. The highest BCUT2D eigenvalue weighted by Crippen LogP contribution is 2.43. The molecule has 2 bridgehead atoms. The molecule has 5 rings (SSSR count). The summed E-state index contributed by atoms with van der Waals surface area (Å²) in [5.41, 5.74) is 2.53. The second-order valence-electron chi connectivity index (χ2n) is 7.90. The third-order valence-electron chi connectivity index (χ3n) is 6.34. The Morgan fingerprint density at radius 3 is 2.19 bits per heavy atom. The predicted octanol–water partition coefficient (Wildman–Crippen LogP) is 5.04. The van der Waals surface area contributed by atoms with Gasteiger partial charge in [-0.15, -0.1) is 0 Å². The molecule has 2 aromatic rings. The van der Waals surface area contributed by atoms with Crippen molar-refractivity contribution in [3.05, 3.63) is 71.8 Å². The van der Waals surface area contributed by atoms with Crippen LogP contribution in [0.1, 0.15) is 56.1 Å². The second kappa shape index (κ2) is 7.75. The Balaban J connectivity index is 1.73. The molecule has 3 aliphatic rings. The minimum atomic E-state index is -0.00541. The van der Waals surface area contributed by atoms with E-state index in [1.807, 2.05) is 0 Å². The maximum absolute atomic E-state index is 13.4. The highest BCUT2D eigenvalue weighted by molar-refractivity contribution is 5.89. The molecule has 0 spiro atoms. The van der Waals surface area contributed by atoms with E-state index in [0.717, 1.165) is 19.4 Å². The summed E-state index contributed by atoms with van der Waals surface area (Å²) in [4.78, 5) is 15.9. The van der Waals surface area contributed by atoms with Gasteiger partial charge in [0.25, 0.3) is 0 Å². The summed E-state index contributed by atoms with van der Waals surface area (Å²) < 4.78 is 0. The molecule has 0 aromatic heterocycles. The van der Waals surface area contributed by atoms with Gasteiger partial charge in [0.2, 0.25) is 0 Å². The van der Waals surface area contributed by atoms with E-state index in [4.69, 9.17) is 0 Å². The van der Waals surface area contributed by atoms with Crippen molar-refractivity contribution < 1.29 is 4.79 Å². The van der Waals surface area contributed by atoms with E-state index >= 15 is 0 Å². The summed E-state index contributed by atoms with van der Waals surface area (Å²) in [6.07, 6.45) is 5.84. The highest BCUT2D eigenvalue weighted by atomic mass is 16.1. The number of Topliss-reactive ketones (excluding diaryl/α,β-unsaturated/α-hetero) is 1. The van der Waals surface area contributed by atoms with Crippen LogP contribution in [-0.2, 0) is 4.79 Å². The van der Waals surface area contributed by atoms with Crippen LogP contribution >= 0.6 is 0 Å². The third-order valence-corrected chi connectivity index (χ3v) is 6.34. The fraction of sp³-hybridized carbons (Fsp3) is 0.458. The lowest BCUT2D eigenvalue weighted by atomic mass is 9.70. The van der Waals surface area contributed by atoms with Crippen molar-refractivity contribution in [3.8, 4) is 0 Å². The predicted molar refractivity (Wildman–Crippen MR) is 106 cm³/mol. The van der Waals surface area contributed by atoms with Crippen LogP contribution in [0.4, 0.5) is 0 Å². The van der Waals surface area contributed by atoms with Gasteiger partial charge < -0.3 is 0 Å². The summed E-state index contributed by atoms with van der Waals surface area (Å²) in [6, 6.07) is 21.8. The summed E-state index contributed by atoms with van der Waals surface area (Å²) >= 11 is 0. The largest absolute Gasteiger partial charge is 0.298 e. The monoisotopic (exact) mass is 347 g/mol. The van der Waals surface area contributed by atoms with Gasteiger partial charge in [0.1, 0.15) is 0 Å². The molecule has 2 nitrogen and oxygen atoms in total. The molecule has 2 heteroatoms. The Bertz CT molecular complexity index is 687. The van der Waals surface area contributed by atoms with Crippen molar-refractivity contribution in [2.75, 3.05) is 6.54 Å². The topological polar surface area (TPSA) is 20.3 Å². The van der Waals surface area contributed by atoms with Crippen LogP contribution in [0, 0.1) is 5.92 Å². The highest BCUT2D eigenvalue weighted by Gasteiger charge is 2.49. The molecular weight excluding hydrogens is 318 g/mol. The Morgan fingerprint density at radius 2 is 1.62 bits per heavy atom. The van der Waals surface area contributed by atoms with Crippen LogP contribution in [0.2, 0.25) is 0 Å². The maximum Gasteiger partial charge on any atom is 0.154 e. The van der Waals surface area contributed by atoms with Crippen LogP contribution in [0.3, 0.4) is 0 Å². The average Bonchev–Trinajstić information content (AvgIpc) is 2.70. The molecule has 3 heterocycles. The quantitative estimate of drug-likeness (QED) is 0.729. The van der Waals surface area contributed by atoms with Gasteiger partial charge in [0, 0.05) is 17.9 Å². The minimum absolute atomic E-state index is 0.00541. The van der Waals surface area contributed by atoms with Gasteiger partial charge in [-0.3, -0.25) is 9.69 Å². The lowest BCUT2D eigenvalue weighted by Gasteiger charge is -2.52. The molecule has 3 saturated heterocycles. The smallest absolute Gasteiger partial charge is 0.154 e. The third kappa shape index (κ3) is 3.23. The number of unbranched alkanes of at least 4 members (excludes halogenated alkanes) is 1. The van der Waals surface area contributed by atoms with E-state index in [9.17, 15) is 4.79 Å². The van der Waals surface area contributed by atoms with Crippen LogP contribution < -0.4 is 0 Å². The Hall–Kier alpha value is -1.93. The molecular formula is C24H29NO. The molecule has 4 unspecified atom stereocenters. The number of ketones is 1. The van der Waals surface area contributed by atoms with Crippen LogP contribution in [-0.4, -0.2) is 29.3 Å². The number of rotatable bonds is 6. The normalized spacial score (nSPS) is 27.8.